The Labute approximate surface area is 156 Å². The Balaban J connectivity index is 1.55. The van der Waals surface area contributed by atoms with Gasteiger partial charge in [0, 0.05) is 10.2 Å². The molecule has 25 heavy (non-hydrogen) atoms. The Morgan fingerprint density at radius 2 is 1.84 bits per heavy atom. The first-order valence-electron chi connectivity index (χ1n) is 7.49. The SMILES string of the molecule is Oc1ccc(-n2nnnc2SCc2cc3c(cc2Br)OCCO3)cc1. The second-order valence-electron chi connectivity index (χ2n) is 5.27. The highest BCUT2D eigenvalue weighted by atomic mass is 79.9. The zero-order valence-electron chi connectivity index (χ0n) is 12.9. The highest BCUT2D eigenvalue weighted by molar-refractivity contribution is 9.10. The summed E-state index contributed by atoms with van der Waals surface area (Å²) in [5.74, 6) is 2.37. The standard InChI is InChI=1S/C16H13BrN4O3S/c17-13-8-15-14(23-5-6-24-15)7-10(13)9-25-16-18-19-20-21(16)11-1-3-12(22)4-2-11/h1-4,7-8,22H,5-6,9H2. The number of ether oxygens (including phenoxy) is 2. The highest BCUT2D eigenvalue weighted by Crippen LogP contribution is 2.37. The van der Waals surface area contributed by atoms with Gasteiger partial charge in [-0.2, -0.15) is 4.68 Å². The van der Waals surface area contributed by atoms with Crippen LogP contribution >= 0.6 is 27.7 Å². The van der Waals surface area contributed by atoms with Crippen LogP contribution in [0.5, 0.6) is 17.2 Å². The molecule has 1 aromatic heterocycles. The van der Waals surface area contributed by atoms with Crippen LogP contribution in [0.4, 0.5) is 0 Å². The molecule has 0 saturated heterocycles. The first-order valence-corrected chi connectivity index (χ1v) is 9.27. The first-order chi connectivity index (χ1) is 12.2. The Kier molecular flexibility index (Phi) is 4.50. The van der Waals surface area contributed by atoms with Crippen molar-refractivity contribution in [3.8, 4) is 22.9 Å². The summed E-state index contributed by atoms with van der Waals surface area (Å²) < 4.78 is 13.8. The molecule has 9 heteroatoms. The van der Waals surface area contributed by atoms with Crippen molar-refractivity contribution in [3.05, 3.63) is 46.4 Å². The number of hydrogen-bond acceptors (Lipinski definition) is 7. The summed E-state index contributed by atoms with van der Waals surface area (Å²) in [5, 5.41) is 21.9. The van der Waals surface area contributed by atoms with Gasteiger partial charge in [-0.05, 0) is 52.4 Å². The van der Waals surface area contributed by atoms with E-state index in [9.17, 15) is 5.11 Å². The predicted molar refractivity (Wildman–Crippen MR) is 95.5 cm³/mol. The number of thioether (sulfide) groups is 1. The number of hydrogen-bond donors (Lipinski definition) is 1. The summed E-state index contributed by atoms with van der Waals surface area (Å²) in [6.45, 7) is 1.12. The molecule has 0 fully saturated rings. The molecule has 0 aliphatic carbocycles. The van der Waals surface area contributed by atoms with E-state index in [0.29, 0.717) is 24.1 Å². The molecular formula is C16H13BrN4O3S. The number of fused-ring (bicyclic) bond motifs is 1. The molecule has 128 valence electrons. The number of nitrogens with zero attached hydrogens (tertiary/aromatic N) is 4. The third-order valence-corrected chi connectivity index (χ3v) is 5.31. The highest BCUT2D eigenvalue weighted by Gasteiger charge is 2.16. The number of aromatic nitrogens is 4. The minimum atomic E-state index is 0.200. The summed E-state index contributed by atoms with van der Waals surface area (Å²) in [6, 6.07) is 10.6. The summed E-state index contributed by atoms with van der Waals surface area (Å²) >= 11 is 5.08. The van der Waals surface area contributed by atoms with E-state index in [1.807, 2.05) is 12.1 Å². The van der Waals surface area contributed by atoms with Crippen LogP contribution in [0.15, 0.2) is 46.0 Å². The molecule has 4 rings (SSSR count). The summed E-state index contributed by atoms with van der Waals surface area (Å²) in [4.78, 5) is 0. The zero-order chi connectivity index (χ0) is 17.2. The number of phenols is 1. The third-order valence-electron chi connectivity index (χ3n) is 3.60. The fraction of sp³-hybridized carbons (Fsp3) is 0.188. The molecule has 0 spiro atoms. The van der Waals surface area contributed by atoms with Gasteiger partial charge in [0.05, 0.1) is 5.69 Å². The van der Waals surface area contributed by atoms with Gasteiger partial charge >= 0.3 is 0 Å². The fourth-order valence-corrected chi connectivity index (χ4v) is 3.91. The Hall–Kier alpha value is -2.26. The Bertz CT molecular complexity index is 901. The molecule has 7 nitrogen and oxygen atoms in total. The van der Waals surface area contributed by atoms with Crippen molar-refractivity contribution >= 4 is 27.7 Å². The first kappa shape index (κ1) is 16.2. The molecule has 0 unspecified atom stereocenters. The molecule has 2 heterocycles. The monoisotopic (exact) mass is 420 g/mol. The van der Waals surface area contributed by atoms with Crippen LogP contribution in [-0.4, -0.2) is 38.5 Å². The number of aromatic hydroxyl groups is 1. The smallest absolute Gasteiger partial charge is 0.214 e. The van der Waals surface area contributed by atoms with Crippen molar-refractivity contribution in [2.75, 3.05) is 13.2 Å². The van der Waals surface area contributed by atoms with Gasteiger partial charge in [0.2, 0.25) is 5.16 Å². The van der Waals surface area contributed by atoms with E-state index in [4.69, 9.17) is 9.47 Å². The molecule has 2 aromatic carbocycles. The van der Waals surface area contributed by atoms with Gasteiger partial charge in [0.25, 0.3) is 0 Å². The lowest BCUT2D eigenvalue weighted by Crippen LogP contribution is -2.15. The maximum atomic E-state index is 9.41. The molecule has 0 radical (unpaired) electrons. The van der Waals surface area contributed by atoms with Crippen LogP contribution in [0.1, 0.15) is 5.56 Å². The number of phenolic OH excluding ortho intramolecular Hbond substituents is 1. The maximum Gasteiger partial charge on any atom is 0.214 e. The van der Waals surface area contributed by atoms with Crippen molar-refractivity contribution in [2.45, 2.75) is 10.9 Å². The lowest BCUT2D eigenvalue weighted by atomic mass is 10.2. The van der Waals surface area contributed by atoms with Crippen LogP contribution in [0.25, 0.3) is 5.69 Å². The molecule has 0 bridgehead atoms. The number of halogens is 1. The van der Waals surface area contributed by atoms with E-state index in [0.717, 1.165) is 27.2 Å². The van der Waals surface area contributed by atoms with E-state index in [2.05, 4.69) is 31.5 Å². The fourth-order valence-electron chi connectivity index (χ4n) is 2.38. The van der Waals surface area contributed by atoms with E-state index < -0.39 is 0 Å². The molecule has 1 aliphatic rings. The summed E-state index contributed by atoms with van der Waals surface area (Å²) in [7, 11) is 0. The second kappa shape index (κ2) is 6.93. The van der Waals surface area contributed by atoms with Crippen molar-refractivity contribution in [1.29, 1.82) is 0 Å². The average Bonchev–Trinajstić information content (AvgIpc) is 3.09. The minimum absolute atomic E-state index is 0.200. The third kappa shape index (κ3) is 3.42. The van der Waals surface area contributed by atoms with Crippen LogP contribution in [0, 0.1) is 0 Å². The zero-order valence-corrected chi connectivity index (χ0v) is 15.3. The van der Waals surface area contributed by atoms with Gasteiger partial charge in [-0.15, -0.1) is 5.10 Å². The number of rotatable bonds is 4. The van der Waals surface area contributed by atoms with Crippen molar-refractivity contribution in [1.82, 2.24) is 20.2 Å². The number of tetrazole rings is 1. The molecule has 3 aromatic rings. The van der Waals surface area contributed by atoms with Gasteiger partial charge in [0.15, 0.2) is 11.5 Å². The molecule has 0 saturated carbocycles. The second-order valence-corrected chi connectivity index (χ2v) is 7.06. The van der Waals surface area contributed by atoms with Crippen LogP contribution in [-0.2, 0) is 5.75 Å². The minimum Gasteiger partial charge on any atom is -0.508 e. The van der Waals surface area contributed by atoms with Gasteiger partial charge in [-0.25, -0.2) is 0 Å². The number of benzene rings is 2. The largest absolute Gasteiger partial charge is 0.508 e. The Morgan fingerprint density at radius 3 is 2.60 bits per heavy atom. The normalized spacial score (nSPS) is 13.0. The van der Waals surface area contributed by atoms with E-state index in [-0.39, 0.29) is 5.75 Å². The van der Waals surface area contributed by atoms with Gasteiger partial charge in [0.1, 0.15) is 19.0 Å². The molecule has 1 N–H and O–H groups in total. The van der Waals surface area contributed by atoms with Crippen molar-refractivity contribution < 1.29 is 14.6 Å². The summed E-state index contributed by atoms with van der Waals surface area (Å²) in [6.07, 6.45) is 0. The molecule has 1 aliphatic heterocycles. The lowest BCUT2D eigenvalue weighted by Gasteiger charge is -2.19. The van der Waals surface area contributed by atoms with Crippen molar-refractivity contribution in [3.63, 3.8) is 0 Å². The summed E-state index contributed by atoms with van der Waals surface area (Å²) in [5.41, 5.74) is 1.85. The molecular weight excluding hydrogens is 408 g/mol. The predicted octanol–water partition coefficient (Wildman–Crippen LogP) is 3.19. The van der Waals surface area contributed by atoms with Crippen LogP contribution in [0.3, 0.4) is 0 Å². The van der Waals surface area contributed by atoms with Gasteiger partial charge in [-0.3, -0.25) is 0 Å². The lowest BCUT2D eigenvalue weighted by molar-refractivity contribution is 0.171. The Morgan fingerprint density at radius 1 is 1.12 bits per heavy atom. The molecule has 0 amide bonds. The quantitative estimate of drug-likeness (QED) is 0.648. The van der Waals surface area contributed by atoms with Crippen LogP contribution in [0.2, 0.25) is 0 Å². The van der Waals surface area contributed by atoms with Gasteiger partial charge < -0.3 is 14.6 Å². The maximum absolute atomic E-state index is 9.41. The topological polar surface area (TPSA) is 82.3 Å². The van der Waals surface area contributed by atoms with E-state index in [1.54, 1.807) is 28.9 Å². The van der Waals surface area contributed by atoms with Crippen LogP contribution < -0.4 is 9.47 Å². The van der Waals surface area contributed by atoms with E-state index in [1.165, 1.54) is 11.8 Å². The van der Waals surface area contributed by atoms with E-state index >= 15 is 0 Å². The molecule has 0 atom stereocenters. The van der Waals surface area contributed by atoms with Gasteiger partial charge in [-0.1, -0.05) is 27.7 Å². The van der Waals surface area contributed by atoms with Crippen molar-refractivity contribution in [2.24, 2.45) is 0 Å². The average molecular weight is 421 g/mol.